The van der Waals surface area contributed by atoms with Gasteiger partial charge in [-0.3, -0.25) is 0 Å². The van der Waals surface area contributed by atoms with Gasteiger partial charge in [0.2, 0.25) is 0 Å². The zero-order chi connectivity index (χ0) is 14.0. The summed E-state index contributed by atoms with van der Waals surface area (Å²) in [6.45, 7) is 19.1. The summed E-state index contributed by atoms with van der Waals surface area (Å²) in [7, 11) is 0. The van der Waals surface area contributed by atoms with Crippen LogP contribution in [0.1, 0.15) is 68.2 Å². The molecule has 2 aliphatic carbocycles. The summed E-state index contributed by atoms with van der Waals surface area (Å²) in [5, 5.41) is 0. The van der Waals surface area contributed by atoms with Crippen molar-refractivity contribution < 1.29 is 17.1 Å². The van der Waals surface area contributed by atoms with Gasteiger partial charge in [0.1, 0.15) is 0 Å². The summed E-state index contributed by atoms with van der Waals surface area (Å²) in [6, 6.07) is 0. The Hall–Kier alpha value is 0.519. The quantitative estimate of drug-likeness (QED) is 0.491. The summed E-state index contributed by atoms with van der Waals surface area (Å²) in [5.74, 6) is 7.70. The van der Waals surface area contributed by atoms with E-state index in [2.05, 4.69) is 55.4 Å². The summed E-state index contributed by atoms with van der Waals surface area (Å²) in [4.78, 5) is 0. The Balaban J connectivity index is 0.000000324. The number of rotatable bonds is 0. The average molecular weight is 307 g/mol. The molecule has 0 amide bonds. The summed E-state index contributed by atoms with van der Waals surface area (Å²) < 4.78 is 0. The third-order valence-electron chi connectivity index (χ3n) is 6.74. The maximum atomic E-state index is 2.39. The normalized spacial score (nSPS) is 49.3. The molecule has 0 spiro atoms. The van der Waals surface area contributed by atoms with Gasteiger partial charge in [0.25, 0.3) is 0 Å². The molecular weight excluding hydrogens is 271 g/mol. The molecule has 8 unspecified atom stereocenters. The van der Waals surface area contributed by atoms with Crippen LogP contribution in [0.25, 0.3) is 0 Å². The second kappa shape index (κ2) is 8.08. The first-order chi connectivity index (χ1) is 8.25. The van der Waals surface area contributed by atoms with E-state index in [1.54, 1.807) is 0 Å². The molecule has 0 bridgehead atoms. The minimum absolute atomic E-state index is 0. The molecule has 0 N–H and O–H groups in total. The molecule has 0 aliphatic heterocycles. The SMILES string of the molecule is CC1CC(C)C(C)C1C.CC1CC(C)C(C)C1C.[Mn]. The van der Waals surface area contributed by atoms with Crippen LogP contribution < -0.4 is 0 Å². The smallest absolute Gasteiger partial charge is 0 e. The molecule has 0 saturated heterocycles. The molecule has 0 nitrogen and oxygen atoms in total. The zero-order valence-corrected chi connectivity index (χ0v) is 15.6. The van der Waals surface area contributed by atoms with Gasteiger partial charge >= 0.3 is 0 Å². The largest absolute Gasteiger partial charge is 0.0622 e. The third-order valence-corrected chi connectivity index (χ3v) is 6.74. The van der Waals surface area contributed by atoms with Crippen LogP contribution in [-0.2, 0) is 17.1 Å². The van der Waals surface area contributed by atoms with E-state index in [9.17, 15) is 0 Å². The van der Waals surface area contributed by atoms with Gasteiger partial charge in [-0.05, 0) is 60.2 Å². The molecule has 0 aromatic heterocycles. The Morgan fingerprint density at radius 1 is 0.421 bits per heavy atom. The molecule has 2 fully saturated rings. The van der Waals surface area contributed by atoms with Crippen molar-refractivity contribution in [2.24, 2.45) is 47.3 Å². The summed E-state index contributed by atoms with van der Waals surface area (Å²) >= 11 is 0. The van der Waals surface area contributed by atoms with Crippen LogP contribution in [0.4, 0.5) is 0 Å². The van der Waals surface area contributed by atoms with Crippen molar-refractivity contribution in [3.8, 4) is 0 Å². The van der Waals surface area contributed by atoms with E-state index in [0.29, 0.717) is 0 Å². The fourth-order valence-electron chi connectivity index (χ4n) is 4.10. The molecule has 0 aromatic rings. The first-order valence-electron chi connectivity index (χ1n) is 8.25. The molecule has 0 heterocycles. The molecule has 2 aliphatic rings. The second-order valence-electron chi connectivity index (χ2n) is 7.82. The van der Waals surface area contributed by atoms with Crippen LogP contribution in [0, 0.1) is 47.3 Å². The Labute approximate surface area is 133 Å². The van der Waals surface area contributed by atoms with Crippen molar-refractivity contribution in [1.82, 2.24) is 0 Å². The predicted molar refractivity (Wildman–Crippen MR) is 82.5 cm³/mol. The van der Waals surface area contributed by atoms with Crippen LogP contribution >= 0.6 is 0 Å². The van der Waals surface area contributed by atoms with E-state index >= 15 is 0 Å². The van der Waals surface area contributed by atoms with E-state index in [1.165, 1.54) is 12.8 Å². The zero-order valence-electron chi connectivity index (χ0n) is 14.4. The fraction of sp³-hybridized carbons (Fsp3) is 1.00. The minimum atomic E-state index is 0. The Morgan fingerprint density at radius 3 is 0.632 bits per heavy atom. The minimum Gasteiger partial charge on any atom is -0.0622 e. The average Bonchev–Trinajstić information content (AvgIpc) is 2.66. The molecule has 8 atom stereocenters. The van der Waals surface area contributed by atoms with Crippen LogP contribution in [0.5, 0.6) is 0 Å². The van der Waals surface area contributed by atoms with Gasteiger partial charge < -0.3 is 0 Å². The van der Waals surface area contributed by atoms with Gasteiger partial charge in [-0.25, -0.2) is 0 Å². The Kier molecular flexibility index (Phi) is 8.30. The van der Waals surface area contributed by atoms with Gasteiger partial charge in [0.05, 0.1) is 0 Å². The second-order valence-corrected chi connectivity index (χ2v) is 7.82. The molecule has 1 heteroatoms. The van der Waals surface area contributed by atoms with Gasteiger partial charge in [-0.1, -0.05) is 55.4 Å². The van der Waals surface area contributed by atoms with Crippen molar-refractivity contribution in [1.29, 1.82) is 0 Å². The van der Waals surface area contributed by atoms with Crippen LogP contribution in [0.3, 0.4) is 0 Å². The molecule has 1 radical (unpaired) electrons. The molecular formula is C18H36Mn. The number of hydrogen-bond donors (Lipinski definition) is 0. The molecule has 2 saturated carbocycles. The third kappa shape index (κ3) is 4.78. The van der Waals surface area contributed by atoms with Gasteiger partial charge in [0.15, 0.2) is 0 Å². The van der Waals surface area contributed by atoms with Gasteiger partial charge in [-0.2, -0.15) is 0 Å². The maximum absolute atomic E-state index is 2.39. The van der Waals surface area contributed by atoms with Crippen molar-refractivity contribution in [2.45, 2.75) is 68.2 Å². The van der Waals surface area contributed by atoms with E-state index in [4.69, 9.17) is 0 Å². The first kappa shape index (κ1) is 19.5. The number of hydrogen-bond acceptors (Lipinski definition) is 0. The van der Waals surface area contributed by atoms with E-state index in [0.717, 1.165) is 47.3 Å². The summed E-state index contributed by atoms with van der Waals surface area (Å²) in [6.07, 6.45) is 2.89. The van der Waals surface area contributed by atoms with Gasteiger partial charge in [-0.15, -0.1) is 0 Å². The topological polar surface area (TPSA) is 0 Å². The van der Waals surface area contributed by atoms with Crippen molar-refractivity contribution in [3.05, 3.63) is 0 Å². The van der Waals surface area contributed by atoms with E-state index < -0.39 is 0 Å². The van der Waals surface area contributed by atoms with Crippen molar-refractivity contribution in [3.63, 3.8) is 0 Å². The first-order valence-corrected chi connectivity index (χ1v) is 8.25. The van der Waals surface area contributed by atoms with Crippen LogP contribution in [0.2, 0.25) is 0 Å². The summed E-state index contributed by atoms with van der Waals surface area (Å²) in [5.41, 5.74) is 0. The Morgan fingerprint density at radius 2 is 0.579 bits per heavy atom. The van der Waals surface area contributed by atoms with E-state index in [-0.39, 0.29) is 17.1 Å². The predicted octanol–water partition coefficient (Wildman–Crippen LogP) is 5.87. The molecule has 19 heavy (non-hydrogen) atoms. The van der Waals surface area contributed by atoms with Crippen molar-refractivity contribution in [2.75, 3.05) is 0 Å². The van der Waals surface area contributed by atoms with Crippen molar-refractivity contribution >= 4 is 0 Å². The van der Waals surface area contributed by atoms with E-state index in [1.807, 2.05) is 0 Å². The van der Waals surface area contributed by atoms with Crippen LogP contribution in [-0.4, -0.2) is 0 Å². The van der Waals surface area contributed by atoms with Crippen LogP contribution in [0.15, 0.2) is 0 Å². The molecule has 0 aromatic carbocycles. The molecule has 2 rings (SSSR count). The standard InChI is InChI=1S/2C9H18.Mn/c2*1-6-5-7(2)9(4)8(6)3;/h2*6-9H,5H2,1-4H3;. The van der Waals surface area contributed by atoms with Gasteiger partial charge in [0, 0.05) is 17.1 Å². The Bertz CT molecular complexity index is 200. The maximum Gasteiger partial charge on any atom is 0 e. The monoisotopic (exact) mass is 307 g/mol. The fourth-order valence-corrected chi connectivity index (χ4v) is 4.10. The molecule has 115 valence electrons.